The van der Waals surface area contributed by atoms with Gasteiger partial charge in [-0.2, -0.15) is 10.2 Å². The molecule has 0 fully saturated rings. The van der Waals surface area contributed by atoms with E-state index in [2.05, 4.69) is 21.1 Å². The minimum Gasteiger partial charge on any atom is -0.273 e. The van der Waals surface area contributed by atoms with Crippen LogP contribution >= 0.6 is 22.7 Å². The molecule has 6 nitrogen and oxygen atoms in total. The van der Waals surface area contributed by atoms with Gasteiger partial charge in [0.2, 0.25) is 11.8 Å². The van der Waals surface area contributed by atoms with E-state index in [1.165, 1.54) is 9.75 Å². The molecule has 28 heavy (non-hydrogen) atoms. The van der Waals surface area contributed by atoms with Crippen molar-refractivity contribution in [1.82, 2.24) is 10.9 Å². The summed E-state index contributed by atoms with van der Waals surface area (Å²) in [5, 5.41) is 8.26. The highest BCUT2D eigenvalue weighted by Crippen LogP contribution is 2.16. The first-order valence-electron chi connectivity index (χ1n) is 9.15. The van der Waals surface area contributed by atoms with Gasteiger partial charge in [-0.05, 0) is 64.8 Å². The molecule has 0 saturated heterocycles. The van der Waals surface area contributed by atoms with Gasteiger partial charge < -0.3 is 0 Å². The largest absolute Gasteiger partial charge is 0.273 e. The summed E-state index contributed by atoms with van der Waals surface area (Å²) in [6.07, 6.45) is 1.92. The molecule has 0 aliphatic carbocycles. The molecule has 0 radical (unpaired) electrons. The lowest BCUT2D eigenvalue weighted by Gasteiger charge is -2.03. The van der Waals surface area contributed by atoms with Crippen molar-refractivity contribution in [3.63, 3.8) is 0 Å². The lowest BCUT2D eigenvalue weighted by Crippen LogP contribution is -2.20. The topological polar surface area (TPSA) is 82.9 Å². The van der Waals surface area contributed by atoms with Crippen LogP contribution in [0.4, 0.5) is 0 Å². The van der Waals surface area contributed by atoms with Crippen LogP contribution in [-0.4, -0.2) is 23.2 Å². The van der Waals surface area contributed by atoms with Crippen molar-refractivity contribution in [3.05, 3.63) is 43.8 Å². The molecule has 2 aromatic rings. The minimum atomic E-state index is -0.144. The average Bonchev–Trinajstić information content (AvgIpc) is 3.29. The molecule has 2 N–H and O–H groups in total. The van der Waals surface area contributed by atoms with Crippen LogP contribution in [0.25, 0.3) is 0 Å². The zero-order valence-electron chi connectivity index (χ0n) is 16.7. The van der Waals surface area contributed by atoms with Crippen LogP contribution in [-0.2, 0) is 9.59 Å². The number of aryl methyl sites for hydroxylation is 2. The molecule has 2 heterocycles. The Hall–Kier alpha value is -2.32. The summed E-state index contributed by atoms with van der Waals surface area (Å²) in [7, 11) is 0. The Balaban J connectivity index is 1.63. The average molecular weight is 419 g/mol. The van der Waals surface area contributed by atoms with Gasteiger partial charge in [-0.25, -0.2) is 10.9 Å². The third kappa shape index (κ3) is 7.36. The van der Waals surface area contributed by atoms with Crippen molar-refractivity contribution in [3.8, 4) is 0 Å². The van der Waals surface area contributed by atoms with E-state index in [-0.39, 0.29) is 11.8 Å². The smallest absolute Gasteiger partial charge is 0.240 e. The summed E-state index contributed by atoms with van der Waals surface area (Å²) < 4.78 is 0. The van der Waals surface area contributed by atoms with Gasteiger partial charge in [0.15, 0.2) is 0 Å². The van der Waals surface area contributed by atoms with Crippen LogP contribution in [0, 0.1) is 13.8 Å². The Labute approximate surface area is 173 Å². The summed E-state index contributed by atoms with van der Waals surface area (Å²) in [6, 6.07) is 8.04. The summed E-state index contributed by atoms with van der Waals surface area (Å²) in [5.74, 6) is -0.287. The van der Waals surface area contributed by atoms with E-state index in [4.69, 9.17) is 0 Å². The number of amides is 2. The fourth-order valence-corrected chi connectivity index (χ4v) is 3.97. The molecule has 8 heteroatoms. The molecule has 150 valence electrons. The maximum Gasteiger partial charge on any atom is 0.240 e. The number of unbranched alkanes of at least 4 members (excludes halogenated alkanes) is 1. The number of hydrazone groups is 2. The van der Waals surface area contributed by atoms with Gasteiger partial charge in [-0.15, -0.1) is 22.7 Å². The number of carbonyl (C=O) groups is 2. The summed E-state index contributed by atoms with van der Waals surface area (Å²) in [5.41, 5.74) is 6.73. The van der Waals surface area contributed by atoms with Gasteiger partial charge in [-0.1, -0.05) is 0 Å². The zero-order valence-corrected chi connectivity index (χ0v) is 18.3. The van der Waals surface area contributed by atoms with Crippen molar-refractivity contribution < 1.29 is 9.59 Å². The molecule has 0 spiro atoms. The Morgan fingerprint density at radius 1 is 0.786 bits per heavy atom. The molecule has 0 aliphatic rings. The first-order valence-corrected chi connectivity index (χ1v) is 10.8. The lowest BCUT2D eigenvalue weighted by molar-refractivity contribution is -0.123. The second-order valence-corrected chi connectivity index (χ2v) is 9.07. The van der Waals surface area contributed by atoms with E-state index >= 15 is 0 Å². The highest BCUT2D eigenvalue weighted by atomic mass is 32.1. The molecule has 0 aromatic carbocycles. The first kappa shape index (κ1) is 22.0. The normalized spacial score (nSPS) is 12.1. The fraction of sp³-hybridized carbons (Fsp3) is 0.400. The monoisotopic (exact) mass is 418 g/mol. The van der Waals surface area contributed by atoms with Gasteiger partial charge in [0, 0.05) is 22.6 Å². The Kier molecular flexibility index (Phi) is 8.53. The van der Waals surface area contributed by atoms with Gasteiger partial charge in [0.1, 0.15) is 0 Å². The summed E-state index contributed by atoms with van der Waals surface area (Å²) in [4.78, 5) is 28.2. The number of carbonyl (C=O) groups excluding carboxylic acids is 2. The number of nitrogens with zero attached hydrogens (tertiary/aromatic N) is 2. The van der Waals surface area contributed by atoms with E-state index in [0.717, 1.165) is 21.2 Å². The van der Waals surface area contributed by atoms with Gasteiger partial charge in [0.05, 0.1) is 21.2 Å². The molecule has 2 aromatic heterocycles. The third-order valence-electron chi connectivity index (χ3n) is 3.95. The van der Waals surface area contributed by atoms with E-state index in [9.17, 15) is 9.59 Å². The van der Waals surface area contributed by atoms with Crippen LogP contribution in [0.3, 0.4) is 0 Å². The van der Waals surface area contributed by atoms with E-state index in [1.807, 2.05) is 52.0 Å². The van der Waals surface area contributed by atoms with Crippen LogP contribution in [0.5, 0.6) is 0 Å². The summed E-state index contributed by atoms with van der Waals surface area (Å²) in [6.45, 7) is 7.81. The second-order valence-electron chi connectivity index (χ2n) is 6.49. The number of hydrogen-bond acceptors (Lipinski definition) is 6. The number of hydrogen-bond donors (Lipinski definition) is 2. The van der Waals surface area contributed by atoms with Gasteiger partial charge in [-0.3, -0.25) is 9.59 Å². The molecule has 0 bridgehead atoms. The van der Waals surface area contributed by atoms with E-state index in [1.54, 1.807) is 22.7 Å². The second kappa shape index (κ2) is 10.9. The Morgan fingerprint density at radius 3 is 1.50 bits per heavy atom. The van der Waals surface area contributed by atoms with Crippen LogP contribution in [0.2, 0.25) is 0 Å². The van der Waals surface area contributed by atoms with Crippen molar-refractivity contribution in [2.45, 2.75) is 53.4 Å². The SMILES string of the molecule is C/C(=N\NC(=O)CCCCC(=O)N/N=C(\C)c1ccc(C)s1)c1ccc(C)s1. The number of thiophene rings is 2. The predicted octanol–water partition coefficient (Wildman–Crippen LogP) is 4.37. The molecule has 0 aliphatic heterocycles. The van der Waals surface area contributed by atoms with Crippen LogP contribution < -0.4 is 10.9 Å². The molecular weight excluding hydrogens is 392 g/mol. The molecule has 0 saturated carbocycles. The first-order chi connectivity index (χ1) is 13.3. The quantitative estimate of drug-likeness (QED) is 0.360. The molecular formula is C20H26N4O2S2. The highest BCUT2D eigenvalue weighted by molar-refractivity contribution is 7.14. The maximum atomic E-state index is 11.9. The van der Waals surface area contributed by atoms with Crippen molar-refractivity contribution in [1.29, 1.82) is 0 Å². The molecule has 2 amide bonds. The standard InChI is InChI=1S/C20H26N4O2S2/c1-13-9-11-17(27-13)15(3)21-23-19(25)7-5-6-8-20(26)24-22-16(4)18-12-10-14(2)28-18/h9-12H,5-8H2,1-4H3,(H,23,25)(H,24,26)/b21-15+,22-16+. The predicted molar refractivity (Wildman–Crippen MR) is 117 cm³/mol. The van der Waals surface area contributed by atoms with Gasteiger partial charge >= 0.3 is 0 Å². The van der Waals surface area contributed by atoms with Crippen molar-refractivity contribution in [2.24, 2.45) is 10.2 Å². The Bertz CT molecular complexity index is 808. The van der Waals surface area contributed by atoms with Crippen LogP contribution in [0.1, 0.15) is 59.0 Å². The molecule has 0 unspecified atom stereocenters. The summed E-state index contributed by atoms with van der Waals surface area (Å²) >= 11 is 3.28. The Morgan fingerprint density at radius 2 is 1.18 bits per heavy atom. The highest BCUT2D eigenvalue weighted by Gasteiger charge is 2.06. The lowest BCUT2D eigenvalue weighted by atomic mass is 10.2. The van der Waals surface area contributed by atoms with Crippen molar-refractivity contribution in [2.75, 3.05) is 0 Å². The number of rotatable bonds is 9. The fourth-order valence-electron chi connectivity index (χ4n) is 2.34. The van der Waals surface area contributed by atoms with Crippen molar-refractivity contribution >= 4 is 45.9 Å². The molecule has 0 atom stereocenters. The van der Waals surface area contributed by atoms with Gasteiger partial charge in [0.25, 0.3) is 0 Å². The van der Waals surface area contributed by atoms with E-state index < -0.39 is 0 Å². The maximum absolute atomic E-state index is 11.9. The third-order valence-corrected chi connectivity index (χ3v) is 6.17. The zero-order chi connectivity index (χ0) is 20.5. The molecule has 2 rings (SSSR count). The van der Waals surface area contributed by atoms with Crippen LogP contribution in [0.15, 0.2) is 34.5 Å². The minimum absolute atomic E-state index is 0.144. The number of nitrogens with one attached hydrogen (secondary N) is 2. The van der Waals surface area contributed by atoms with E-state index in [0.29, 0.717) is 25.7 Å².